The van der Waals surface area contributed by atoms with Crippen molar-refractivity contribution in [2.45, 2.75) is 106 Å². The Labute approximate surface area is 204 Å². The molecule has 0 aromatic heterocycles. The molecule has 1 atom stereocenters. The second kappa shape index (κ2) is 9.00. The fourth-order valence-electron chi connectivity index (χ4n) is 3.92. The minimum absolute atomic E-state index is 0.537. The third kappa shape index (κ3) is 5.48. The second-order valence-electron chi connectivity index (χ2n) is 12.6. The summed E-state index contributed by atoms with van der Waals surface area (Å²) in [4.78, 5) is 39.9. The summed E-state index contributed by atoms with van der Waals surface area (Å²) in [5.41, 5.74) is 0.581. The molecule has 0 amide bonds. The molecule has 0 saturated heterocycles. The molecule has 33 heavy (non-hydrogen) atoms. The quantitative estimate of drug-likeness (QED) is 0.403. The Kier molecular flexibility index (Phi) is 7.59. The van der Waals surface area contributed by atoms with E-state index in [0.717, 1.165) is 36.8 Å². The van der Waals surface area contributed by atoms with E-state index in [1.165, 1.54) is 5.57 Å². The van der Waals surface area contributed by atoms with E-state index in [1.807, 2.05) is 13.8 Å². The van der Waals surface area contributed by atoms with Crippen molar-refractivity contribution in [3.8, 4) is 0 Å². The van der Waals surface area contributed by atoms with Gasteiger partial charge in [0.05, 0.1) is 0 Å². The summed E-state index contributed by atoms with van der Waals surface area (Å²) >= 11 is -5.08. The van der Waals surface area contributed by atoms with E-state index in [-0.39, 0.29) is 0 Å². The van der Waals surface area contributed by atoms with Crippen molar-refractivity contribution in [2.75, 3.05) is 0 Å². The number of rotatable bonds is 4. The molecule has 2 rings (SSSR count). The van der Waals surface area contributed by atoms with Crippen LogP contribution in [0.5, 0.6) is 0 Å². The molecule has 0 fully saturated rings. The molecule has 6 nitrogen and oxygen atoms in total. The van der Waals surface area contributed by atoms with Gasteiger partial charge in [0.2, 0.25) is 0 Å². The van der Waals surface area contributed by atoms with E-state index in [4.69, 9.17) is 9.96 Å². The van der Waals surface area contributed by atoms with Gasteiger partial charge in [0.25, 0.3) is 0 Å². The first-order valence-electron chi connectivity index (χ1n) is 11.9. The normalized spacial score (nSPS) is 21.8. The molecule has 0 saturated carbocycles. The van der Waals surface area contributed by atoms with Crippen molar-refractivity contribution >= 4 is 17.9 Å². The predicted molar refractivity (Wildman–Crippen MR) is 124 cm³/mol. The predicted octanol–water partition coefficient (Wildman–Crippen LogP) is 6.66. The Hall–Kier alpha value is -1.40. The van der Waals surface area contributed by atoms with Gasteiger partial charge in [-0.2, -0.15) is 0 Å². The molecular weight excluding hydrogens is 456 g/mol. The number of hydrogen-bond acceptors (Lipinski definition) is 6. The maximum absolute atomic E-state index is 13.3. The van der Waals surface area contributed by atoms with Gasteiger partial charge in [0.15, 0.2) is 0 Å². The summed E-state index contributed by atoms with van der Waals surface area (Å²) in [6.07, 6.45) is 5.87. The minimum atomic E-state index is -5.08. The van der Waals surface area contributed by atoms with Crippen LogP contribution in [0.25, 0.3) is 0 Å². The fourth-order valence-corrected chi connectivity index (χ4v) is 9.54. The number of hydrogen-bond donors (Lipinski definition) is 0. The molecule has 0 bridgehead atoms. The van der Waals surface area contributed by atoms with Gasteiger partial charge in [-0.1, -0.05) is 0 Å². The van der Waals surface area contributed by atoms with Gasteiger partial charge < -0.3 is 0 Å². The van der Waals surface area contributed by atoms with Crippen LogP contribution in [0.2, 0.25) is 3.72 Å². The van der Waals surface area contributed by atoms with Crippen LogP contribution in [0.15, 0.2) is 22.8 Å². The van der Waals surface area contributed by atoms with E-state index in [0.29, 0.717) is 0 Å². The van der Waals surface area contributed by atoms with E-state index in [9.17, 15) is 14.4 Å². The van der Waals surface area contributed by atoms with Crippen molar-refractivity contribution in [1.82, 2.24) is 0 Å². The molecule has 186 valence electrons. The molecule has 7 heteroatoms. The average molecular weight is 498 g/mol. The molecule has 0 spiro atoms. The Morgan fingerprint density at radius 1 is 0.758 bits per heavy atom. The summed E-state index contributed by atoms with van der Waals surface area (Å²) in [6, 6.07) is 0. The summed E-state index contributed by atoms with van der Waals surface area (Å²) in [7, 11) is 0. The molecule has 0 aliphatic heterocycles. The monoisotopic (exact) mass is 498 g/mol. The third-order valence-corrected chi connectivity index (χ3v) is 11.6. The molecule has 0 N–H and O–H groups in total. The van der Waals surface area contributed by atoms with Gasteiger partial charge >= 0.3 is 205 Å². The van der Waals surface area contributed by atoms with Gasteiger partial charge in [-0.05, 0) is 0 Å². The molecule has 0 radical (unpaired) electrons. The molecule has 0 aromatic rings. The topological polar surface area (TPSA) is 78.9 Å². The molecule has 2 aliphatic carbocycles. The van der Waals surface area contributed by atoms with Gasteiger partial charge in [0, 0.05) is 0 Å². The van der Waals surface area contributed by atoms with Crippen LogP contribution in [-0.2, 0) is 42.1 Å². The van der Waals surface area contributed by atoms with Crippen LogP contribution in [0.3, 0.4) is 0 Å². The zero-order valence-electron chi connectivity index (χ0n) is 22.4. The average Bonchev–Trinajstić information content (AvgIpc) is 2.91. The fraction of sp³-hybridized carbons (Fsp3) is 0.731. The van der Waals surface area contributed by atoms with Gasteiger partial charge in [-0.15, -0.1) is 0 Å². The zero-order valence-corrected chi connectivity index (χ0v) is 23.9. The van der Waals surface area contributed by atoms with Gasteiger partial charge in [-0.3, -0.25) is 0 Å². The third-order valence-electron chi connectivity index (χ3n) is 6.42. The van der Waals surface area contributed by atoms with Crippen molar-refractivity contribution in [2.24, 2.45) is 16.2 Å². The molecule has 2 aliphatic rings. The summed E-state index contributed by atoms with van der Waals surface area (Å²) in [5, 5.41) is 0. The van der Waals surface area contributed by atoms with Crippen LogP contribution < -0.4 is 0 Å². The van der Waals surface area contributed by atoms with E-state index in [1.54, 1.807) is 62.3 Å². The Balaban J connectivity index is 2.81. The molecule has 1 unspecified atom stereocenters. The first-order valence-corrected chi connectivity index (χ1v) is 14.6. The molecular formula is C26H42O6Ti. The van der Waals surface area contributed by atoms with Gasteiger partial charge in [-0.25, -0.2) is 0 Å². The summed E-state index contributed by atoms with van der Waals surface area (Å²) in [5.74, 6) is -1.61. The van der Waals surface area contributed by atoms with E-state index in [2.05, 4.69) is 6.08 Å². The van der Waals surface area contributed by atoms with Crippen molar-refractivity contribution in [3.63, 3.8) is 0 Å². The second-order valence-corrected chi connectivity index (χ2v) is 16.9. The summed E-state index contributed by atoms with van der Waals surface area (Å²) in [6.45, 7) is 19.6. The summed E-state index contributed by atoms with van der Waals surface area (Å²) < 4.78 is 17.7. The van der Waals surface area contributed by atoms with Crippen molar-refractivity contribution in [3.05, 3.63) is 22.8 Å². The molecule has 0 aromatic carbocycles. The number of allylic oxidation sites excluding steroid dienone is 4. The first-order chi connectivity index (χ1) is 14.8. The number of carbonyl (C=O) groups excluding carboxylic acids is 3. The van der Waals surface area contributed by atoms with Crippen molar-refractivity contribution < 1.29 is 42.1 Å². The Morgan fingerprint density at radius 3 is 1.48 bits per heavy atom. The maximum atomic E-state index is 13.3. The molecule has 0 heterocycles. The SMILES string of the molecule is CC1=CC2=C(CCCC2)[C]1(C)[Ti]([O]C(=O)C(C)(C)C)([O]C(=O)C(C)(C)C)[O]C(=O)C(C)(C)C. The Morgan fingerprint density at radius 2 is 1.12 bits per heavy atom. The van der Waals surface area contributed by atoms with Crippen LogP contribution in [0.1, 0.15) is 102 Å². The van der Waals surface area contributed by atoms with Crippen LogP contribution >= 0.6 is 0 Å². The van der Waals surface area contributed by atoms with E-state index >= 15 is 0 Å². The van der Waals surface area contributed by atoms with Crippen LogP contribution in [0, 0.1) is 16.2 Å². The zero-order chi connectivity index (χ0) is 25.6. The first kappa shape index (κ1) is 27.8. The Bertz CT molecular complexity index is 822. The van der Waals surface area contributed by atoms with Gasteiger partial charge in [0.1, 0.15) is 0 Å². The number of carbonyl (C=O) groups is 3. The van der Waals surface area contributed by atoms with Crippen LogP contribution in [0.4, 0.5) is 0 Å². The van der Waals surface area contributed by atoms with E-state index < -0.39 is 55.6 Å². The standard InChI is InChI=1S/C11H15.3C5H10O2.Ti/c1-8-7-10-5-3-4-6-11(10)9(8)2;3*1-5(2,3)4(6)7;/h7H,3-6H2,1-2H3;3*1-3H3,(H,6,7);/q;;;;+3/p-3. The van der Waals surface area contributed by atoms with Crippen LogP contribution in [-0.4, -0.2) is 17.9 Å². The van der Waals surface area contributed by atoms with Crippen molar-refractivity contribution in [1.29, 1.82) is 0 Å².